The van der Waals surface area contributed by atoms with Crippen molar-refractivity contribution in [2.24, 2.45) is 0 Å². The second-order valence-electron chi connectivity index (χ2n) is 2.03. The Hall–Kier alpha value is -1.06. The van der Waals surface area contributed by atoms with Crippen molar-refractivity contribution in [3.05, 3.63) is 16.4 Å². The molecule has 0 bridgehead atoms. The standard InChI is InChI=1S/C6HBrN4S/c7-3-2-9-4(1-8)6-5(3)10-12-11-6/h2H. The zero-order valence-corrected chi connectivity index (χ0v) is 8.05. The van der Waals surface area contributed by atoms with Crippen molar-refractivity contribution in [3.63, 3.8) is 0 Å². The van der Waals surface area contributed by atoms with Crippen LogP contribution in [0.4, 0.5) is 0 Å². The van der Waals surface area contributed by atoms with Crippen molar-refractivity contribution >= 4 is 38.7 Å². The van der Waals surface area contributed by atoms with Crippen molar-refractivity contribution in [3.8, 4) is 6.07 Å². The molecule has 58 valence electrons. The maximum Gasteiger partial charge on any atom is 0.169 e. The number of hydrogen-bond donors (Lipinski definition) is 0. The Kier molecular flexibility index (Phi) is 1.75. The molecule has 0 unspecified atom stereocenters. The number of nitriles is 1. The molecule has 12 heavy (non-hydrogen) atoms. The van der Waals surface area contributed by atoms with Gasteiger partial charge in [0.2, 0.25) is 0 Å². The molecule has 2 rings (SSSR count). The minimum absolute atomic E-state index is 0.321. The van der Waals surface area contributed by atoms with Gasteiger partial charge in [-0.05, 0) is 15.9 Å². The van der Waals surface area contributed by atoms with Gasteiger partial charge >= 0.3 is 0 Å². The number of halogens is 1. The van der Waals surface area contributed by atoms with Gasteiger partial charge < -0.3 is 0 Å². The summed E-state index contributed by atoms with van der Waals surface area (Å²) in [5.41, 5.74) is 1.59. The lowest BCUT2D eigenvalue weighted by molar-refractivity contribution is 1.27. The number of nitrogens with zero attached hydrogens (tertiary/aromatic N) is 4. The summed E-state index contributed by atoms with van der Waals surface area (Å²) in [5.74, 6) is 0. The average molecular weight is 241 g/mol. The Morgan fingerprint density at radius 3 is 2.92 bits per heavy atom. The first-order chi connectivity index (χ1) is 5.83. The van der Waals surface area contributed by atoms with E-state index in [4.69, 9.17) is 5.26 Å². The maximum atomic E-state index is 8.65. The lowest BCUT2D eigenvalue weighted by Gasteiger charge is -1.90. The van der Waals surface area contributed by atoms with Crippen LogP contribution in [0.25, 0.3) is 11.0 Å². The van der Waals surface area contributed by atoms with Crippen LogP contribution in [0.15, 0.2) is 10.7 Å². The molecular weight excluding hydrogens is 240 g/mol. The molecule has 0 saturated carbocycles. The van der Waals surface area contributed by atoms with E-state index in [0.717, 1.165) is 16.2 Å². The van der Waals surface area contributed by atoms with Crippen LogP contribution >= 0.6 is 27.7 Å². The molecule has 0 fully saturated rings. The van der Waals surface area contributed by atoms with Crippen LogP contribution in [-0.2, 0) is 0 Å². The van der Waals surface area contributed by atoms with E-state index in [2.05, 4.69) is 29.7 Å². The molecule has 6 heteroatoms. The van der Waals surface area contributed by atoms with Gasteiger partial charge in [-0.15, -0.1) is 0 Å². The third-order valence-electron chi connectivity index (χ3n) is 1.35. The minimum atomic E-state index is 0.321. The number of pyridine rings is 1. The smallest absolute Gasteiger partial charge is 0.169 e. The van der Waals surface area contributed by atoms with Crippen LogP contribution in [-0.4, -0.2) is 13.7 Å². The normalized spacial score (nSPS) is 10.0. The zero-order valence-electron chi connectivity index (χ0n) is 5.65. The molecule has 0 aromatic carbocycles. The van der Waals surface area contributed by atoms with Gasteiger partial charge in [0.05, 0.1) is 16.2 Å². The Bertz CT molecular complexity index is 472. The number of rotatable bonds is 0. The van der Waals surface area contributed by atoms with Gasteiger partial charge in [0.25, 0.3) is 0 Å². The van der Waals surface area contributed by atoms with E-state index in [1.54, 1.807) is 6.20 Å². The molecular formula is C6HBrN4S. The zero-order chi connectivity index (χ0) is 8.55. The summed E-state index contributed by atoms with van der Waals surface area (Å²) in [4.78, 5) is 3.89. The topological polar surface area (TPSA) is 62.5 Å². The van der Waals surface area contributed by atoms with E-state index in [0.29, 0.717) is 16.7 Å². The van der Waals surface area contributed by atoms with E-state index in [-0.39, 0.29) is 0 Å². The summed E-state index contributed by atoms with van der Waals surface area (Å²) >= 11 is 4.35. The lowest BCUT2D eigenvalue weighted by Crippen LogP contribution is -1.84. The average Bonchev–Trinajstić information content (AvgIpc) is 2.54. The highest BCUT2D eigenvalue weighted by Crippen LogP contribution is 2.22. The largest absolute Gasteiger partial charge is 0.242 e. The third kappa shape index (κ3) is 0.983. The number of fused-ring (bicyclic) bond motifs is 1. The Labute approximate surface area is 80.3 Å². The van der Waals surface area contributed by atoms with Crippen LogP contribution < -0.4 is 0 Å². The quantitative estimate of drug-likeness (QED) is 0.704. The van der Waals surface area contributed by atoms with Gasteiger partial charge in [-0.3, -0.25) is 0 Å². The first kappa shape index (κ1) is 7.58. The summed E-state index contributed by atoms with van der Waals surface area (Å²) in [6, 6.07) is 1.96. The molecule has 4 nitrogen and oxygen atoms in total. The molecule has 0 spiro atoms. The molecule has 0 saturated heterocycles. The van der Waals surface area contributed by atoms with Crippen molar-refractivity contribution < 1.29 is 0 Å². The summed E-state index contributed by atoms with van der Waals surface area (Å²) in [5, 5.41) is 8.65. The lowest BCUT2D eigenvalue weighted by atomic mass is 10.3. The summed E-state index contributed by atoms with van der Waals surface area (Å²) < 4.78 is 8.75. The molecule has 0 N–H and O–H groups in total. The molecule has 2 aromatic heterocycles. The van der Waals surface area contributed by atoms with Gasteiger partial charge in [-0.2, -0.15) is 14.0 Å². The molecule has 2 heterocycles. The molecule has 0 aliphatic heterocycles. The Morgan fingerprint density at radius 1 is 1.42 bits per heavy atom. The van der Waals surface area contributed by atoms with E-state index >= 15 is 0 Å². The molecule has 0 amide bonds. The van der Waals surface area contributed by atoms with Crippen molar-refractivity contribution in [1.82, 2.24) is 13.7 Å². The third-order valence-corrected chi connectivity index (χ3v) is 2.46. The van der Waals surface area contributed by atoms with Crippen LogP contribution in [0.5, 0.6) is 0 Å². The van der Waals surface area contributed by atoms with Crippen molar-refractivity contribution in [1.29, 1.82) is 5.26 Å². The number of aromatic nitrogens is 3. The van der Waals surface area contributed by atoms with E-state index in [1.807, 2.05) is 6.07 Å². The Balaban J connectivity index is 2.94. The van der Waals surface area contributed by atoms with E-state index < -0.39 is 0 Å². The van der Waals surface area contributed by atoms with Gasteiger partial charge in [-0.1, -0.05) is 0 Å². The molecule has 0 aliphatic carbocycles. The first-order valence-electron chi connectivity index (χ1n) is 3.00. The fraction of sp³-hybridized carbons (Fsp3) is 0. The molecule has 0 atom stereocenters. The van der Waals surface area contributed by atoms with Crippen molar-refractivity contribution in [2.45, 2.75) is 0 Å². The second kappa shape index (κ2) is 2.77. The molecule has 0 aliphatic rings. The summed E-state index contributed by atoms with van der Waals surface area (Å²) in [6.45, 7) is 0. The van der Waals surface area contributed by atoms with Gasteiger partial charge in [0, 0.05) is 6.20 Å². The second-order valence-corrected chi connectivity index (χ2v) is 3.41. The predicted molar refractivity (Wildman–Crippen MR) is 47.6 cm³/mol. The highest BCUT2D eigenvalue weighted by atomic mass is 79.9. The SMILES string of the molecule is N#Cc1ncc(Br)c2nsnc12. The fourth-order valence-electron chi connectivity index (χ4n) is 0.826. The predicted octanol–water partition coefficient (Wildman–Crippen LogP) is 1.72. The molecule has 2 aromatic rings. The highest BCUT2D eigenvalue weighted by Gasteiger charge is 2.08. The van der Waals surface area contributed by atoms with Gasteiger partial charge in [0.15, 0.2) is 5.69 Å². The van der Waals surface area contributed by atoms with E-state index in [1.165, 1.54) is 0 Å². The van der Waals surface area contributed by atoms with Crippen molar-refractivity contribution in [2.75, 3.05) is 0 Å². The van der Waals surface area contributed by atoms with Crippen LogP contribution in [0.3, 0.4) is 0 Å². The van der Waals surface area contributed by atoms with Crippen LogP contribution in [0.2, 0.25) is 0 Å². The monoisotopic (exact) mass is 240 g/mol. The fourth-order valence-corrected chi connectivity index (χ4v) is 1.88. The number of hydrogen-bond acceptors (Lipinski definition) is 5. The highest BCUT2D eigenvalue weighted by molar-refractivity contribution is 9.10. The van der Waals surface area contributed by atoms with E-state index in [9.17, 15) is 0 Å². The summed E-state index contributed by atoms with van der Waals surface area (Å²) in [7, 11) is 0. The maximum absolute atomic E-state index is 8.65. The van der Waals surface area contributed by atoms with Gasteiger partial charge in [-0.25, -0.2) is 4.98 Å². The molecule has 0 radical (unpaired) electrons. The van der Waals surface area contributed by atoms with Crippen LogP contribution in [0, 0.1) is 11.3 Å². The van der Waals surface area contributed by atoms with Crippen LogP contribution in [0.1, 0.15) is 5.69 Å². The first-order valence-corrected chi connectivity index (χ1v) is 4.52. The minimum Gasteiger partial charge on any atom is -0.242 e. The summed E-state index contributed by atoms with van der Waals surface area (Å²) in [6.07, 6.45) is 1.56. The Morgan fingerprint density at radius 2 is 2.17 bits per heavy atom. The van der Waals surface area contributed by atoms with Gasteiger partial charge in [0.1, 0.15) is 17.1 Å².